The molecule has 3 aromatic rings. The quantitative estimate of drug-likeness (QED) is 0.711. The molecule has 0 radical (unpaired) electrons. The fourth-order valence-corrected chi connectivity index (χ4v) is 2.37. The van der Waals surface area contributed by atoms with Crippen LogP contribution in [0.15, 0.2) is 66.7 Å². The van der Waals surface area contributed by atoms with Gasteiger partial charge in [-0.25, -0.2) is 9.37 Å². The van der Waals surface area contributed by atoms with E-state index in [-0.39, 0.29) is 18.1 Å². The third-order valence-corrected chi connectivity index (χ3v) is 3.76. The van der Waals surface area contributed by atoms with E-state index in [2.05, 4.69) is 4.98 Å². The molecule has 0 aliphatic carbocycles. The zero-order valence-corrected chi connectivity index (χ0v) is 13.8. The van der Waals surface area contributed by atoms with Gasteiger partial charge in [-0.2, -0.15) is 0 Å². The van der Waals surface area contributed by atoms with Gasteiger partial charge in [-0.1, -0.05) is 6.07 Å². The molecule has 1 atom stereocenters. The molecule has 0 bridgehead atoms. The molecule has 0 spiro atoms. The molecule has 0 saturated heterocycles. The van der Waals surface area contributed by atoms with Crippen LogP contribution in [0.5, 0.6) is 11.5 Å². The van der Waals surface area contributed by atoms with Crippen LogP contribution in [-0.4, -0.2) is 22.4 Å². The number of halogens is 1. The molecule has 1 heterocycles. The van der Waals surface area contributed by atoms with E-state index in [0.29, 0.717) is 17.2 Å². The highest BCUT2D eigenvalue weighted by Crippen LogP contribution is 2.26. The molecule has 0 aliphatic rings. The topological polar surface area (TPSA) is 85.4 Å². The number of aromatic nitrogens is 1. The minimum Gasteiger partial charge on any atom is -0.457 e. The van der Waals surface area contributed by atoms with Crippen LogP contribution in [0, 0.1) is 5.82 Å². The van der Waals surface area contributed by atoms with Crippen molar-refractivity contribution in [1.29, 1.82) is 0 Å². The van der Waals surface area contributed by atoms with Crippen LogP contribution in [0.3, 0.4) is 0 Å². The maximum atomic E-state index is 12.9. The number of ketones is 1. The summed E-state index contributed by atoms with van der Waals surface area (Å²) in [5, 5.41) is 9.95. The standard InChI is InChI=1S/C20H17FN2O3/c21-14-6-10-16(11-7-14)26-15-8-4-13(5-9-15)17-2-1-3-18(23-17)20(25)19(24)12-22/h1-11,20,25H,12,22H2/t20-/m1/s1. The number of nitrogens with two attached hydrogens (primary N) is 1. The zero-order chi connectivity index (χ0) is 18.5. The highest BCUT2D eigenvalue weighted by Gasteiger charge is 2.17. The highest BCUT2D eigenvalue weighted by atomic mass is 19.1. The second-order valence-electron chi connectivity index (χ2n) is 5.60. The van der Waals surface area contributed by atoms with E-state index in [9.17, 15) is 14.3 Å². The Labute approximate surface area is 149 Å². The molecule has 0 fully saturated rings. The van der Waals surface area contributed by atoms with Crippen molar-refractivity contribution in [2.75, 3.05) is 6.54 Å². The first kappa shape index (κ1) is 17.7. The fraction of sp³-hybridized carbons (Fsp3) is 0.100. The van der Waals surface area contributed by atoms with Gasteiger partial charge in [-0.3, -0.25) is 4.79 Å². The number of aliphatic hydroxyl groups is 1. The van der Waals surface area contributed by atoms with Crippen molar-refractivity contribution in [2.24, 2.45) is 5.73 Å². The van der Waals surface area contributed by atoms with Gasteiger partial charge in [0.1, 0.15) is 17.3 Å². The number of pyridine rings is 1. The first-order valence-electron chi connectivity index (χ1n) is 7.98. The van der Waals surface area contributed by atoms with Crippen molar-refractivity contribution < 1.29 is 19.0 Å². The van der Waals surface area contributed by atoms with Gasteiger partial charge in [-0.05, 0) is 60.7 Å². The Morgan fingerprint density at radius 3 is 2.27 bits per heavy atom. The first-order chi connectivity index (χ1) is 12.6. The Bertz CT molecular complexity index is 896. The van der Waals surface area contributed by atoms with E-state index >= 15 is 0 Å². The first-order valence-corrected chi connectivity index (χ1v) is 7.98. The Hall–Kier alpha value is -3.09. The van der Waals surface area contributed by atoms with E-state index in [4.69, 9.17) is 10.5 Å². The number of carbonyl (C=O) groups excluding carboxylic acids is 1. The Kier molecular flexibility index (Phi) is 5.36. The minimum atomic E-state index is -1.33. The summed E-state index contributed by atoms with van der Waals surface area (Å²) in [7, 11) is 0. The lowest BCUT2D eigenvalue weighted by molar-refractivity contribution is -0.126. The number of benzene rings is 2. The number of hydrogen-bond donors (Lipinski definition) is 2. The van der Waals surface area contributed by atoms with Gasteiger partial charge in [0.2, 0.25) is 0 Å². The van der Waals surface area contributed by atoms with Crippen LogP contribution in [0.25, 0.3) is 11.3 Å². The number of Topliss-reactive ketones (excluding diaryl/α,β-unsaturated/α-hetero) is 1. The van der Waals surface area contributed by atoms with Gasteiger partial charge in [0.05, 0.1) is 17.9 Å². The number of nitrogens with zero attached hydrogens (tertiary/aromatic N) is 1. The second kappa shape index (κ2) is 7.86. The van der Waals surface area contributed by atoms with Gasteiger partial charge in [0, 0.05) is 5.56 Å². The average Bonchev–Trinajstić information content (AvgIpc) is 2.69. The molecule has 1 aromatic heterocycles. The average molecular weight is 352 g/mol. The normalized spacial score (nSPS) is 11.8. The van der Waals surface area contributed by atoms with Crippen molar-refractivity contribution in [3.05, 3.63) is 78.2 Å². The number of rotatable bonds is 6. The molecule has 132 valence electrons. The van der Waals surface area contributed by atoms with E-state index < -0.39 is 11.9 Å². The lowest BCUT2D eigenvalue weighted by atomic mass is 10.1. The maximum absolute atomic E-state index is 12.9. The van der Waals surface area contributed by atoms with Gasteiger partial charge < -0.3 is 15.6 Å². The Balaban J connectivity index is 1.78. The second-order valence-corrected chi connectivity index (χ2v) is 5.60. The smallest absolute Gasteiger partial charge is 0.180 e. The Morgan fingerprint density at radius 1 is 1.04 bits per heavy atom. The van der Waals surface area contributed by atoms with Crippen molar-refractivity contribution >= 4 is 5.78 Å². The zero-order valence-electron chi connectivity index (χ0n) is 13.8. The van der Waals surface area contributed by atoms with Crippen LogP contribution < -0.4 is 10.5 Å². The van der Waals surface area contributed by atoms with Crippen LogP contribution >= 0.6 is 0 Å². The van der Waals surface area contributed by atoms with E-state index in [0.717, 1.165) is 5.56 Å². The van der Waals surface area contributed by atoms with Gasteiger partial charge in [0.15, 0.2) is 11.9 Å². The van der Waals surface area contributed by atoms with Crippen molar-refractivity contribution in [3.63, 3.8) is 0 Å². The molecule has 0 amide bonds. The molecule has 5 nitrogen and oxygen atoms in total. The number of hydrogen-bond acceptors (Lipinski definition) is 5. The van der Waals surface area contributed by atoms with Crippen LogP contribution in [0.2, 0.25) is 0 Å². The summed E-state index contributed by atoms with van der Waals surface area (Å²) >= 11 is 0. The SMILES string of the molecule is NCC(=O)[C@H](O)c1cccc(-c2ccc(Oc3ccc(F)cc3)cc2)n1. The number of ether oxygens (including phenoxy) is 1. The highest BCUT2D eigenvalue weighted by molar-refractivity contribution is 5.85. The lowest BCUT2D eigenvalue weighted by Gasteiger charge is -2.10. The van der Waals surface area contributed by atoms with E-state index in [1.165, 1.54) is 12.1 Å². The predicted octanol–water partition coefficient (Wildman–Crippen LogP) is 3.24. The lowest BCUT2D eigenvalue weighted by Crippen LogP contribution is -2.22. The third kappa shape index (κ3) is 4.11. The van der Waals surface area contributed by atoms with Gasteiger partial charge in [-0.15, -0.1) is 0 Å². The number of aliphatic hydroxyl groups excluding tert-OH is 1. The monoisotopic (exact) mass is 352 g/mol. The summed E-state index contributed by atoms with van der Waals surface area (Å²) in [5.41, 5.74) is 6.94. The molecule has 0 aliphatic heterocycles. The van der Waals surface area contributed by atoms with Crippen LogP contribution in [0.1, 0.15) is 11.8 Å². The molecular weight excluding hydrogens is 335 g/mol. The fourth-order valence-electron chi connectivity index (χ4n) is 2.37. The summed E-state index contributed by atoms with van der Waals surface area (Å²) in [6.07, 6.45) is -1.33. The molecule has 3 rings (SSSR count). The van der Waals surface area contributed by atoms with E-state index in [1.807, 2.05) is 12.1 Å². The minimum absolute atomic E-state index is 0.248. The largest absolute Gasteiger partial charge is 0.457 e. The molecule has 6 heteroatoms. The van der Waals surface area contributed by atoms with Crippen molar-refractivity contribution in [3.8, 4) is 22.8 Å². The van der Waals surface area contributed by atoms with Crippen LogP contribution in [-0.2, 0) is 4.79 Å². The number of carbonyl (C=O) groups is 1. The maximum Gasteiger partial charge on any atom is 0.180 e. The molecule has 26 heavy (non-hydrogen) atoms. The molecule has 3 N–H and O–H groups in total. The van der Waals surface area contributed by atoms with Crippen molar-refractivity contribution in [2.45, 2.75) is 6.10 Å². The third-order valence-electron chi connectivity index (χ3n) is 3.76. The predicted molar refractivity (Wildman–Crippen MR) is 95.2 cm³/mol. The summed E-state index contributed by atoms with van der Waals surface area (Å²) in [5.74, 6) is 0.309. The summed E-state index contributed by atoms with van der Waals surface area (Å²) in [4.78, 5) is 15.9. The molecule has 0 saturated carbocycles. The van der Waals surface area contributed by atoms with Crippen LogP contribution in [0.4, 0.5) is 4.39 Å². The van der Waals surface area contributed by atoms with Crippen molar-refractivity contribution in [1.82, 2.24) is 4.98 Å². The summed E-state index contributed by atoms with van der Waals surface area (Å²) in [6.45, 7) is -0.248. The molecular formula is C20H17FN2O3. The summed E-state index contributed by atoms with van der Waals surface area (Å²) in [6, 6.07) is 17.9. The Morgan fingerprint density at radius 2 is 1.65 bits per heavy atom. The van der Waals surface area contributed by atoms with Gasteiger partial charge >= 0.3 is 0 Å². The molecule has 2 aromatic carbocycles. The summed E-state index contributed by atoms with van der Waals surface area (Å²) < 4.78 is 18.6. The van der Waals surface area contributed by atoms with Gasteiger partial charge in [0.25, 0.3) is 0 Å². The van der Waals surface area contributed by atoms with E-state index in [1.54, 1.807) is 42.5 Å². The molecule has 0 unspecified atom stereocenters.